The minimum Gasteiger partial charge on any atom is -0.461 e. The predicted octanol–water partition coefficient (Wildman–Crippen LogP) is 2.92. The fourth-order valence-electron chi connectivity index (χ4n) is 2.76. The summed E-state index contributed by atoms with van der Waals surface area (Å²) in [6.45, 7) is 2.43. The second-order valence-corrected chi connectivity index (χ2v) is 6.32. The topological polar surface area (TPSA) is 98.5 Å². The number of aryl methyl sites for hydroxylation is 2. The highest BCUT2D eigenvalue weighted by Gasteiger charge is 2.11. The number of carbonyl (C=O) groups is 1. The second-order valence-electron chi connectivity index (χ2n) is 6.32. The number of nitrogens with one attached hydrogen (secondary N) is 1. The molecule has 4 aromatic rings. The van der Waals surface area contributed by atoms with E-state index in [-0.39, 0.29) is 5.91 Å². The minimum atomic E-state index is -0.0333. The third-order valence-electron chi connectivity index (χ3n) is 4.14. The molecule has 0 aromatic carbocycles. The molecule has 0 saturated carbocycles. The maximum absolute atomic E-state index is 12.0. The summed E-state index contributed by atoms with van der Waals surface area (Å²) in [5, 5.41) is 6.76. The Bertz CT molecular complexity index is 1050. The summed E-state index contributed by atoms with van der Waals surface area (Å²) in [4.78, 5) is 20.8. The summed E-state index contributed by atoms with van der Waals surface area (Å²) >= 11 is 0. The molecule has 0 aliphatic rings. The van der Waals surface area contributed by atoms with Crippen LogP contribution >= 0.6 is 0 Å². The Hall–Kier alpha value is -3.42. The standard InChI is InChI=1S/C19H19N5O3/c1-13-7-8-24-12-14(21-16(24)10-13)11-20-17(25)5-2-6-18-22-19(23-27-18)15-4-3-9-26-15/h3-4,7-10,12H,2,5-6,11H2,1H3,(H,20,25). The van der Waals surface area contributed by atoms with Gasteiger partial charge in [-0.05, 0) is 43.2 Å². The summed E-state index contributed by atoms with van der Waals surface area (Å²) in [7, 11) is 0. The molecule has 0 radical (unpaired) electrons. The van der Waals surface area contributed by atoms with Crippen molar-refractivity contribution in [3.8, 4) is 11.6 Å². The first-order chi connectivity index (χ1) is 13.2. The van der Waals surface area contributed by atoms with Gasteiger partial charge in [0.15, 0.2) is 5.76 Å². The normalized spacial score (nSPS) is 11.1. The number of hydrogen-bond donors (Lipinski definition) is 1. The molecule has 8 nitrogen and oxygen atoms in total. The molecule has 0 bridgehead atoms. The molecule has 4 aromatic heterocycles. The highest BCUT2D eigenvalue weighted by Crippen LogP contribution is 2.16. The molecule has 0 saturated heterocycles. The molecular formula is C19H19N5O3. The Morgan fingerprint density at radius 3 is 3.07 bits per heavy atom. The fraction of sp³-hybridized carbons (Fsp3) is 0.263. The van der Waals surface area contributed by atoms with Crippen molar-refractivity contribution in [3.63, 3.8) is 0 Å². The average Bonchev–Trinajstić information content (AvgIpc) is 3.39. The Balaban J connectivity index is 1.23. The Morgan fingerprint density at radius 2 is 2.22 bits per heavy atom. The zero-order chi connectivity index (χ0) is 18.6. The summed E-state index contributed by atoms with van der Waals surface area (Å²) in [5.41, 5.74) is 2.86. The van der Waals surface area contributed by atoms with Gasteiger partial charge in [-0.1, -0.05) is 5.16 Å². The van der Waals surface area contributed by atoms with Gasteiger partial charge in [0.25, 0.3) is 0 Å². The number of aromatic nitrogens is 4. The lowest BCUT2D eigenvalue weighted by atomic mass is 10.2. The minimum absolute atomic E-state index is 0.0333. The molecule has 4 heterocycles. The number of hydrogen-bond acceptors (Lipinski definition) is 6. The van der Waals surface area contributed by atoms with Crippen molar-refractivity contribution in [1.29, 1.82) is 0 Å². The van der Waals surface area contributed by atoms with Gasteiger partial charge in [0, 0.05) is 25.2 Å². The van der Waals surface area contributed by atoms with Crippen LogP contribution in [0, 0.1) is 6.92 Å². The largest absolute Gasteiger partial charge is 0.461 e. The van der Waals surface area contributed by atoms with Crippen molar-refractivity contribution in [2.45, 2.75) is 32.7 Å². The average molecular weight is 365 g/mol. The van der Waals surface area contributed by atoms with Crippen molar-refractivity contribution in [2.75, 3.05) is 0 Å². The maximum atomic E-state index is 12.0. The van der Waals surface area contributed by atoms with Crippen LogP contribution in [0.4, 0.5) is 0 Å². The number of furan rings is 1. The van der Waals surface area contributed by atoms with E-state index in [2.05, 4.69) is 20.4 Å². The van der Waals surface area contributed by atoms with Gasteiger partial charge in [0.2, 0.25) is 17.6 Å². The van der Waals surface area contributed by atoms with Crippen molar-refractivity contribution in [2.24, 2.45) is 0 Å². The van der Waals surface area contributed by atoms with Crippen LogP contribution < -0.4 is 5.32 Å². The molecule has 4 rings (SSSR count). The summed E-state index contributed by atoms with van der Waals surface area (Å²) in [6.07, 6.45) is 6.98. The van der Waals surface area contributed by atoms with Crippen molar-refractivity contribution >= 4 is 11.6 Å². The van der Waals surface area contributed by atoms with Gasteiger partial charge < -0.3 is 18.7 Å². The highest BCUT2D eigenvalue weighted by atomic mass is 16.5. The number of fused-ring (bicyclic) bond motifs is 1. The van der Waals surface area contributed by atoms with E-state index in [1.807, 2.05) is 35.9 Å². The summed E-state index contributed by atoms with van der Waals surface area (Å²) < 4.78 is 12.3. The van der Waals surface area contributed by atoms with Crippen LogP contribution in [-0.2, 0) is 17.8 Å². The molecule has 1 amide bonds. The summed E-state index contributed by atoms with van der Waals surface area (Å²) in [6, 6.07) is 7.56. The monoisotopic (exact) mass is 365 g/mol. The van der Waals surface area contributed by atoms with Gasteiger partial charge in [-0.25, -0.2) is 4.98 Å². The number of carbonyl (C=O) groups excluding carboxylic acids is 1. The second kappa shape index (κ2) is 7.45. The first kappa shape index (κ1) is 17.0. The molecular weight excluding hydrogens is 346 g/mol. The van der Waals surface area contributed by atoms with E-state index in [1.165, 1.54) is 0 Å². The lowest BCUT2D eigenvalue weighted by Crippen LogP contribution is -2.22. The van der Waals surface area contributed by atoms with Crippen LogP contribution in [0.1, 0.15) is 30.0 Å². The van der Waals surface area contributed by atoms with Gasteiger partial charge in [-0.3, -0.25) is 4.79 Å². The number of pyridine rings is 1. The van der Waals surface area contributed by atoms with Crippen LogP contribution in [-0.4, -0.2) is 25.4 Å². The molecule has 0 spiro atoms. The maximum Gasteiger partial charge on any atom is 0.238 e. The van der Waals surface area contributed by atoms with E-state index in [1.54, 1.807) is 18.4 Å². The van der Waals surface area contributed by atoms with E-state index in [0.29, 0.717) is 43.3 Å². The van der Waals surface area contributed by atoms with Crippen molar-refractivity contribution < 1.29 is 13.7 Å². The van der Waals surface area contributed by atoms with E-state index >= 15 is 0 Å². The summed E-state index contributed by atoms with van der Waals surface area (Å²) in [5.74, 6) is 1.44. The zero-order valence-electron chi connectivity index (χ0n) is 14.9. The molecule has 8 heteroatoms. The van der Waals surface area contributed by atoms with E-state index in [9.17, 15) is 4.79 Å². The first-order valence-electron chi connectivity index (χ1n) is 8.75. The molecule has 0 aliphatic heterocycles. The highest BCUT2D eigenvalue weighted by molar-refractivity contribution is 5.75. The number of rotatable bonds is 7. The molecule has 0 unspecified atom stereocenters. The van der Waals surface area contributed by atoms with Gasteiger partial charge in [-0.2, -0.15) is 4.98 Å². The Morgan fingerprint density at radius 1 is 1.30 bits per heavy atom. The Labute approximate surface area is 155 Å². The smallest absolute Gasteiger partial charge is 0.238 e. The zero-order valence-corrected chi connectivity index (χ0v) is 14.9. The van der Waals surface area contributed by atoms with Crippen LogP contribution in [0.15, 0.2) is 51.9 Å². The van der Waals surface area contributed by atoms with Crippen molar-refractivity contribution in [3.05, 3.63) is 60.1 Å². The van der Waals surface area contributed by atoms with Crippen LogP contribution in [0.3, 0.4) is 0 Å². The van der Waals surface area contributed by atoms with Gasteiger partial charge in [0.1, 0.15) is 5.65 Å². The van der Waals surface area contributed by atoms with Gasteiger partial charge in [-0.15, -0.1) is 0 Å². The predicted molar refractivity (Wildman–Crippen MR) is 96.7 cm³/mol. The van der Waals surface area contributed by atoms with Crippen LogP contribution in [0.25, 0.3) is 17.2 Å². The number of nitrogens with zero attached hydrogens (tertiary/aromatic N) is 4. The first-order valence-corrected chi connectivity index (χ1v) is 8.75. The van der Waals surface area contributed by atoms with E-state index in [4.69, 9.17) is 8.94 Å². The van der Waals surface area contributed by atoms with Crippen molar-refractivity contribution in [1.82, 2.24) is 24.8 Å². The molecule has 1 N–H and O–H groups in total. The Kier molecular flexibility index (Phi) is 4.69. The fourth-order valence-corrected chi connectivity index (χ4v) is 2.76. The van der Waals surface area contributed by atoms with E-state index in [0.717, 1.165) is 16.9 Å². The molecule has 0 aliphatic carbocycles. The van der Waals surface area contributed by atoms with Crippen LogP contribution in [0.5, 0.6) is 0 Å². The van der Waals surface area contributed by atoms with Gasteiger partial charge in [0.05, 0.1) is 18.5 Å². The molecule has 138 valence electrons. The lowest BCUT2D eigenvalue weighted by molar-refractivity contribution is -0.121. The third kappa shape index (κ3) is 4.05. The quantitative estimate of drug-likeness (QED) is 0.541. The number of imidazole rings is 1. The van der Waals surface area contributed by atoms with Gasteiger partial charge >= 0.3 is 0 Å². The number of amides is 1. The molecule has 27 heavy (non-hydrogen) atoms. The van der Waals surface area contributed by atoms with E-state index < -0.39 is 0 Å². The molecule has 0 fully saturated rings. The molecule has 0 atom stereocenters. The lowest BCUT2D eigenvalue weighted by Gasteiger charge is -2.01. The SMILES string of the molecule is Cc1ccn2cc(CNC(=O)CCCc3nc(-c4ccco4)no3)nc2c1. The third-order valence-corrected chi connectivity index (χ3v) is 4.14. The van der Waals surface area contributed by atoms with Crippen LogP contribution in [0.2, 0.25) is 0 Å².